The fourth-order valence-electron chi connectivity index (χ4n) is 4.23. The molecule has 3 N–H and O–H groups in total. The number of likely N-dealkylation sites (tertiary alicyclic amines) is 1. The Kier molecular flexibility index (Phi) is 9.45. The molecular weight excluding hydrogens is 513 g/mol. The van der Waals surface area contributed by atoms with Gasteiger partial charge in [-0.05, 0) is 90.4 Å². The summed E-state index contributed by atoms with van der Waals surface area (Å²) in [6.07, 6.45) is 3.41. The Hall–Kier alpha value is -3.09. The van der Waals surface area contributed by atoms with Crippen LogP contribution in [0.2, 0.25) is 0 Å². The van der Waals surface area contributed by atoms with Gasteiger partial charge in [0.15, 0.2) is 5.75 Å². The van der Waals surface area contributed by atoms with Crippen LogP contribution in [0.3, 0.4) is 0 Å². The Morgan fingerprint density at radius 3 is 2.39 bits per heavy atom. The van der Waals surface area contributed by atoms with Crippen LogP contribution in [0.1, 0.15) is 50.4 Å². The third kappa shape index (κ3) is 8.20. The first kappa shape index (κ1) is 29.5. The fraction of sp³-hybridized carbons (Fsp3) is 0.500. The number of carbonyl (C=O) groups excluding carboxylic acids is 2. The molecule has 1 aliphatic heterocycles. The number of carbonyl (C=O) groups is 2. The van der Waals surface area contributed by atoms with E-state index in [9.17, 15) is 22.4 Å². The van der Waals surface area contributed by atoms with Crippen LogP contribution in [0.5, 0.6) is 5.75 Å². The summed E-state index contributed by atoms with van der Waals surface area (Å²) >= 11 is 0. The molecule has 1 atom stereocenters. The van der Waals surface area contributed by atoms with E-state index in [2.05, 4.69) is 25.2 Å². The van der Waals surface area contributed by atoms with Gasteiger partial charge in [-0.15, -0.1) is 0 Å². The van der Waals surface area contributed by atoms with Crippen molar-refractivity contribution in [3.05, 3.63) is 47.9 Å². The zero-order valence-corrected chi connectivity index (χ0v) is 23.2. The number of ether oxygens (including phenoxy) is 1. The molecule has 0 unspecified atom stereocenters. The number of sulfonamides is 1. The molecule has 0 saturated carbocycles. The molecule has 3 rings (SSSR count). The van der Waals surface area contributed by atoms with Crippen molar-refractivity contribution in [2.24, 2.45) is 5.92 Å². The largest absolute Gasteiger partial charge is 0.494 e. The standard InChI is InChI=1S/C26H36FN5O5S/c1-26(2,3)31-38(35,36)25-22(37-5)15-20(16-28-25)29-24(34)21(14-17-10-12-32(4)13-11-17)30-23(33)18-6-8-19(27)9-7-18/h6-9,15-17,21,31H,10-14H2,1-5H3,(H,29,34)(H,30,33)/t21-/m0/s1. The SMILES string of the molecule is COc1cc(NC(=O)[C@H](CC2CCN(C)CC2)NC(=O)c2ccc(F)cc2)cnc1S(=O)(=O)NC(C)(C)C. The molecule has 1 aromatic carbocycles. The van der Waals surface area contributed by atoms with Crippen LogP contribution in [0.25, 0.3) is 0 Å². The number of anilines is 1. The van der Waals surface area contributed by atoms with Gasteiger partial charge in [0.05, 0.1) is 19.0 Å². The van der Waals surface area contributed by atoms with Gasteiger partial charge in [-0.1, -0.05) is 0 Å². The zero-order valence-electron chi connectivity index (χ0n) is 22.4. The maximum Gasteiger partial charge on any atom is 0.262 e. The Morgan fingerprint density at radius 1 is 1.18 bits per heavy atom. The maximum atomic E-state index is 13.3. The van der Waals surface area contributed by atoms with Crippen LogP contribution in [0.4, 0.5) is 10.1 Å². The summed E-state index contributed by atoms with van der Waals surface area (Å²) in [5.41, 5.74) is -0.287. The highest BCUT2D eigenvalue weighted by molar-refractivity contribution is 7.89. The lowest BCUT2D eigenvalue weighted by Gasteiger charge is -2.31. The van der Waals surface area contributed by atoms with Crippen molar-refractivity contribution >= 4 is 27.5 Å². The Labute approximate surface area is 223 Å². The molecule has 10 nitrogen and oxygen atoms in total. The van der Waals surface area contributed by atoms with Crippen LogP contribution in [0, 0.1) is 11.7 Å². The second-order valence-electron chi connectivity index (χ2n) is 10.6. The first-order valence-corrected chi connectivity index (χ1v) is 13.9. The van der Waals surface area contributed by atoms with Gasteiger partial charge >= 0.3 is 0 Å². The van der Waals surface area contributed by atoms with Gasteiger partial charge < -0.3 is 20.3 Å². The molecular formula is C26H36FN5O5S. The fourth-order valence-corrected chi connectivity index (χ4v) is 5.74. The van der Waals surface area contributed by atoms with E-state index < -0.39 is 39.2 Å². The van der Waals surface area contributed by atoms with E-state index in [1.165, 1.54) is 43.6 Å². The lowest BCUT2D eigenvalue weighted by atomic mass is 9.90. The second kappa shape index (κ2) is 12.2. The minimum Gasteiger partial charge on any atom is -0.494 e. The van der Waals surface area contributed by atoms with E-state index in [0.717, 1.165) is 25.9 Å². The van der Waals surface area contributed by atoms with E-state index in [1.54, 1.807) is 20.8 Å². The van der Waals surface area contributed by atoms with E-state index in [0.29, 0.717) is 6.42 Å². The highest BCUT2D eigenvalue weighted by Gasteiger charge is 2.29. The van der Waals surface area contributed by atoms with Crippen molar-refractivity contribution < 1.29 is 27.1 Å². The summed E-state index contributed by atoms with van der Waals surface area (Å²) in [5.74, 6) is -1.26. The minimum atomic E-state index is -3.98. The Bertz CT molecular complexity index is 1240. The van der Waals surface area contributed by atoms with E-state index in [-0.39, 0.29) is 27.9 Å². The summed E-state index contributed by atoms with van der Waals surface area (Å²) in [5, 5.41) is 5.20. The Morgan fingerprint density at radius 2 is 1.82 bits per heavy atom. The molecule has 2 aromatic rings. The number of halogens is 1. The van der Waals surface area contributed by atoms with Crippen LogP contribution in [0.15, 0.2) is 41.6 Å². The zero-order chi connectivity index (χ0) is 28.1. The smallest absolute Gasteiger partial charge is 0.262 e. The molecule has 1 saturated heterocycles. The quantitative estimate of drug-likeness (QED) is 0.439. The summed E-state index contributed by atoms with van der Waals surface area (Å²) in [4.78, 5) is 32.5. The monoisotopic (exact) mass is 549 g/mol. The van der Waals surface area contributed by atoms with Crippen molar-refractivity contribution in [3.63, 3.8) is 0 Å². The van der Waals surface area contributed by atoms with Gasteiger partial charge in [-0.2, -0.15) is 0 Å². The number of nitrogens with zero attached hydrogens (tertiary/aromatic N) is 2. The third-order valence-electron chi connectivity index (χ3n) is 6.14. The van der Waals surface area contributed by atoms with Crippen molar-refractivity contribution in [2.75, 3.05) is 32.6 Å². The number of piperidine rings is 1. The third-order valence-corrected chi connectivity index (χ3v) is 7.83. The number of pyridine rings is 1. The summed E-state index contributed by atoms with van der Waals surface area (Å²) in [7, 11) is -0.632. The minimum absolute atomic E-state index is 0.0400. The second-order valence-corrected chi connectivity index (χ2v) is 12.2. The first-order valence-electron chi connectivity index (χ1n) is 12.4. The molecule has 0 aliphatic carbocycles. The molecule has 0 spiro atoms. The lowest BCUT2D eigenvalue weighted by molar-refractivity contribution is -0.118. The van der Waals surface area contributed by atoms with Gasteiger partial charge in [-0.3, -0.25) is 9.59 Å². The van der Waals surface area contributed by atoms with Crippen LogP contribution in [-0.4, -0.2) is 68.9 Å². The molecule has 2 amide bonds. The van der Waals surface area contributed by atoms with Crippen molar-refractivity contribution in [2.45, 2.75) is 56.6 Å². The Balaban J connectivity index is 1.81. The number of methoxy groups -OCH3 is 1. The highest BCUT2D eigenvalue weighted by atomic mass is 32.2. The average molecular weight is 550 g/mol. The first-order chi connectivity index (χ1) is 17.8. The van der Waals surface area contributed by atoms with Crippen molar-refractivity contribution in [3.8, 4) is 5.75 Å². The highest BCUT2D eigenvalue weighted by Crippen LogP contribution is 2.27. The van der Waals surface area contributed by atoms with Crippen LogP contribution in [-0.2, 0) is 14.8 Å². The normalized spacial score (nSPS) is 16.1. The summed E-state index contributed by atoms with van der Waals surface area (Å²) in [6, 6.07) is 5.57. The van der Waals surface area contributed by atoms with Gasteiger partial charge in [-0.25, -0.2) is 22.5 Å². The number of aromatic nitrogens is 1. The molecule has 0 bridgehead atoms. The topological polar surface area (TPSA) is 130 Å². The van der Waals surface area contributed by atoms with Gasteiger partial charge in [0.2, 0.25) is 10.9 Å². The summed E-state index contributed by atoms with van der Waals surface area (Å²) in [6.45, 7) is 6.90. The number of hydrogen-bond acceptors (Lipinski definition) is 7. The van der Waals surface area contributed by atoms with Gasteiger partial charge in [0, 0.05) is 17.2 Å². The number of hydrogen-bond donors (Lipinski definition) is 3. The molecule has 1 aliphatic rings. The van der Waals surface area contributed by atoms with Gasteiger partial charge in [0.25, 0.3) is 15.9 Å². The maximum absolute atomic E-state index is 13.3. The van der Waals surface area contributed by atoms with Crippen molar-refractivity contribution in [1.29, 1.82) is 0 Å². The number of rotatable bonds is 9. The van der Waals surface area contributed by atoms with Crippen LogP contribution < -0.4 is 20.1 Å². The molecule has 1 aromatic heterocycles. The predicted molar refractivity (Wildman–Crippen MR) is 142 cm³/mol. The number of nitrogens with one attached hydrogen (secondary N) is 3. The van der Waals surface area contributed by atoms with E-state index in [4.69, 9.17) is 4.74 Å². The van der Waals surface area contributed by atoms with E-state index in [1.807, 2.05) is 7.05 Å². The molecule has 208 valence electrons. The molecule has 0 radical (unpaired) electrons. The average Bonchev–Trinajstić information content (AvgIpc) is 2.83. The van der Waals surface area contributed by atoms with E-state index >= 15 is 0 Å². The van der Waals surface area contributed by atoms with Crippen molar-refractivity contribution in [1.82, 2.24) is 19.9 Å². The number of benzene rings is 1. The molecule has 38 heavy (non-hydrogen) atoms. The predicted octanol–water partition coefficient (Wildman–Crippen LogP) is 2.78. The van der Waals surface area contributed by atoms with Crippen LogP contribution >= 0.6 is 0 Å². The lowest BCUT2D eigenvalue weighted by Crippen LogP contribution is -2.46. The number of amides is 2. The molecule has 2 heterocycles. The molecule has 1 fully saturated rings. The van der Waals surface area contributed by atoms with Gasteiger partial charge in [0.1, 0.15) is 11.9 Å². The summed E-state index contributed by atoms with van der Waals surface area (Å²) < 4.78 is 46.6. The molecule has 12 heteroatoms.